The van der Waals surface area contributed by atoms with E-state index in [1.165, 1.54) is 12.8 Å². The molecule has 1 rings (SSSR count). The molecule has 108 valence electrons. The molecule has 0 spiro atoms. The molecule has 0 radical (unpaired) electrons. The van der Waals surface area contributed by atoms with Gasteiger partial charge in [-0.1, -0.05) is 57.4 Å². The monoisotopic (exact) mass is 264 g/mol. The highest BCUT2D eigenvalue weighted by atomic mass is 16.5. The summed E-state index contributed by atoms with van der Waals surface area (Å²) in [6, 6.07) is 0. The Morgan fingerprint density at radius 2 is 1.89 bits per heavy atom. The molecular formula is C17H28O2. The Morgan fingerprint density at radius 3 is 2.47 bits per heavy atom. The first-order valence-electron chi connectivity index (χ1n) is 7.48. The molecule has 0 fully saturated rings. The van der Waals surface area contributed by atoms with E-state index >= 15 is 0 Å². The molecule has 0 atom stereocenters. The van der Waals surface area contributed by atoms with Crippen LogP contribution in [0.3, 0.4) is 0 Å². The van der Waals surface area contributed by atoms with Gasteiger partial charge in [0.2, 0.25) is 0 Å². The first-order chi connectivity index (χ1) is 9.10. The van der Waals surface area contributed by atoms with E-state index in [-0.39, 0.29) is 0 Å². The maximum absolute atomic E-state index is 12.4. The average molecular weight is 264 g/mol. The van der Waals surface area contributed by atoms with Crippen LogP contribution in [-0.2, 0) is 9.53 Å². The molecule has 0 aromatic rings. The fourth-order valence-corrected chi connectivity index (χ4v) is 2.54. The average Bonchev–Trinajstić information content (AvgIpc) is 2.39. The van der Waals surface area contributed by atoms with Crippen LogP contribution >= 0.6 is 0 Å². The molecule has 0 saturated heterocycles. The van der Waals surface area contributed by atoms with Crippen LogP contribution < -0.4 is 0 Å². The van der Waals surface area contributed by atoms with Crippen LogP contribution in [0.1, 0.15) is 52.4 Å². The highest BCUT2D eigenvalue weighted by molar-refractivity contribution is 5.89. The van der Waals surface area contributed by atoms with Gasteiger partial charge in [0, 0.05) is 13.5 Å². The van der Waals surface area contributed by atoms with Crippen molar-refractivity contribution in [1.82, 2.24) is 0 Å². The van der Waals surface area contributed by atoms with Crippen molar-refractivity contribution < 1.29 is 9.53 Å². The van der Waals surface area contributed by atoms with Gasteiger partial charge in [-0.2, -0.15) is 0 Å². The summed E-state index contributed by atoms with van der Waals surface area (Å²) in [5, 5.41) is 0. The standard InChI is InChI=1S/C17H28O2/c1-15(2)10-6-4-7-11-16(18)17(14-19-3)12-8-5-9-13-17/h8-9,12-13,15H,4-7,10-11,14H2,1-3H3. The van der Waals surface area contributed by atoms with Gasteiger partial charge < -0.3 is 4.74 Å². The molecule has 0 N–H and O–H groups in total. The molecule has 0 aliphatic heterocycles. The minimum atomic E-state index is -0.495. The zero-order valence-electron chi connectivity index (χ0n) is 12.7. The fourth-order valence-electron chi connectivity index (χ4n) is 2.54. The quantitative estimate of drug-likeness (QED) is 0.458. The molecule has 0 bridgehead atoms. The van der Waals surface area contributed by atoms with Gasteiger partial charge in [-0.25, -0.2) is 0 Å². The number of carbonyl (C=O) groups excluding carboxylic acids is 1. The first-order valence-corrected chi connectivity index (χ1v) is 7.48. The molecule has 0 saturated carbocycles. The molecular weight excluding hydrogens is 236 g/mol. The molecule has 0 unspecified atom stereocenters. The van der Waals surface area contributed by atoms with Gasteiger partial charge in [-0.15, -0.1) is 0 Å². The number of allylic oxidation sites excluding steroid dienone is 2. The fraction of sp³-hybridized carbons (Fsp3) is 0.706. The third-order valence-corrected chi connectivity index (χ3v) is 3.69. The number of ketones is 1. The number of ether oxygens (including phenoxy) is 1. The second-order valence-electron chi connectivity index (χ2n) is 5.93. The zero-order chi connectivity index (χ0) is 14.1. The molecule has 0 amide bonds. The Bertz CT molecular complexity index is 314. The predicted molar refractivity (Wildman–Crippen MR) is 80.1 cm³/mol. The van der Waals surface area contributed by atoms with Crippen LogP contribution in [0.2, 0.25) is 0 Å². The minimum Gasteiger partial charge on any atom is -0.383 e. The van der Waals surface area contributed by atoms with E-state index in [0.717, 1.165) is 25.2 Å². The van der Waals surface area contributed by atoms with Gasteiger partial charge in [0.1, 0.15) is 5.78 Å². The zero-order valence-corrected chi connectivity index (χ0v) is 12.7. The summed E-state index contributed by atoms with van der Waals surface area (Å²) in [4.78, 5) is 12.4. The van der Waals surface area contributed by atoms with Crippen LogP contribution in [0.15, 0.2) is 24.3 Å². The first kappa shape index (κ1) is 16.2. The Labute approximate surface area is 117 Å². The van der Waals surface area contributed by atoms with Crippen molar-refractivity contribution >= 4 is 5.78 Å². The van der Waals surface area contributed by atoms with Crippen LogP contribution in [0, 0.1) is 11.3 Å². The Hall–Kier alpha value is -0.890. The van der Waals surface area contributed by atoms with Crippen LogP contribution in [0.4, 0.5) is 0 Å². The lowest BCUT2D eigenvalue weighted by atomic mass is 9.79. The SMILES string of the molecule is COCC1(C(=O)CCCCCC(C)C)C=CCC=C1. The van der Waals surface area contributed by atoms with Gasteiger partial charge in [0.25, 0.3) is 0 Å². The number of methoxy groups -OCH3 is 1. The number of Topliss-reactive ketones (excluding diaryl/α,β-unsaturated/α-hetero) is 1. The summed E-state index contributed by atoms with van der Waals surface area (Å²) in [6.07, 6.45) is 14.4. The van der Waals surface area contributed by atoms with Gasteiger partial charge in [-0.3, -0.25) is 4.79 Å². The maximum atomic E-state index is 12.4. The summed E-state index contributed by atoms with van der Waals surface area (Å²) in [6.45, 7) is 4.96. The molecule has 0 aromatic heterocycles. The van der Waals surface area contributed by atoms with E-state index < -0.39 is 5.41 Å². The summed E-state index contributed by atoms with van der Waals surface area (Å²) in [5.41, 5.74) is -0.495. The number of carbonyl (C=O) groups is 1. The van der Waals surface area contributed by atoms with Crippen molar-refractivity contribution in [3.63, 3.8) is 0 Å². The van der Waals surface area contributed by atoms with Crippen molar-refractivity contribution in [3.05, 3.63) is 24.3 Å². The molecule has 2 heteroatoms. The molecule has 19 heavy (non-hydrogen) atoms. The summed E-state index contributed by atoms with van der Waals surface area (Å²) >= 11 is 0. The van der Waals surface area contributed by atoms with Gasteiger partial charge in [-0.05, 0) is 18.8 Å². The van der Waals surface area contributed by atoms with Crippen molar-refractivity contribution in [3.8, 4) is 0 Å². The second-order valence-corrected chi connectivity index (χ2v) is 5.93. The third kappa shape index (κ3) is 5.32. The van der Waals surface area contributed by atoms with E-state index in [1.807, 2.05) is 12.2 Å². The lowest BCUT2D eigenvalue weighted by Gasteiger charge is -2.27. The number of hydrogen-bond acceptors (Lipinski definition) is 2. The van der Waals surface area contributed by atoms with E-state index in [9.17, 15) is 4.79 Å². The van der Waals surface area contributed by atoms with Crippen molar-refractivity contribution in [1.29, 1.82) is 0 Å². The normalized spacial score (nSPS) is 17.1. The maximum Gasteiger partial charge on any atom is 0.148 e. The Kier molecular flexibility index (Phi) is 7.07. The highest BCUT2D eigenvalue weighted by Crippen LogP contribution is 2.29. The number of hydrogen-bond donors (Lipinski definition) is 0. The molecule has 1 aliphatic carbocycles. The molecule has 1 aliphatic rings. The van der Waals surface area contributed by atoms with Crippen molar-refractivity contribution in [2.75, 3.05) is 13.7 Å². The summed E-state index contributed by atoms with van der Waals surface area (Å²) in [5.74, 6) is 1.06. The van der Waals surface area contributed by atoms with Crippen LogP contribution in [0.5, 0.6) is 0 Å². The van der Waals surface area contributed by atoms with Crippen LogP contribution in [-0.4, -0.2) is 19.5 Å². The lowest BCUT2D eigenvalue weighted by Crippen LogP contribution is -2.32. The molecule has 0 heterocycles. The van der Waals surface area contributed by atoms with Crippen LogP contribution in [0.25, 0.3) is 0 Å². The van der Waals surface area contributed by atoms with Gasteiger partial charge >= 0.3 is 0 Å². The van der Waals surface area contributed by atoms with E-state index in [2.05, 4.69) is 26.0 Å². The van der Waals surface area contributed by atoms with Crippen molar-refractivity contribution in [2.45, 2.75) is 52.4 Å². The lowest BCUT2D eigenvalue weighted by molar-refractivity contribution is -0.126. The highest BCUT2D eigenvalue weighted by Gasteiger charge is 2.33. The predicted octanol–water partition coefficient (Wildman–Crippen LogP) is 4.31. The summed E-state index contributed by atoms with van der Waals surface area (Å²) < 4.78 is 5.24. The Balaban J connectivity index is 2.39. The number of rotatable bonds is 9. The van der Waals surface area contributed by atoms with Crippen molar-refractivity contribution in [2.24, 2.45) is 11.3 Å². The van der Waals surface area contributed by atoms with Gasteiger partial charge in [0.15, 0.2) is 0 Å². The van der Waals surface area contributed by atoms with E-state index in [1.54, 1.807) is 7.11 Å². The summed E-state index contributed by atoms with van der Waals surface area (Å²) in [7, 11) is 1.66. The second kappa shape index (κ2) is 8.31. The third-order valence-electron chi connectivity index (χ3n) is 3.69. The smallest absolute Gasteiger partial charge is 0.148 e. The molecule has 2 nitrogen and oxygen atoms in total. The van der Waals surface area contributed by atoms with Gasteiger partial charge in [0.05, 0.1) is 12.0 Å². The topological polar surface area (TPSA) is 26.3 Å². The molecule has 0 aromatic carbocycles. The largest absolute Gasteiger partial charge is 0.383 e. The Morgan fingerprint density at radius 1 is 1.21 bits per heavy atom. The van der Waals surface area contributed by atoms with E-state index in [4.69, 9.17) is 4.74 Å². The number of unbranched alkanes of at least 4 members (excludes halogenated alkanes) is 2. The van der Waals surface area contributed by atoms with E-state index in [0.29, 0.717) is 18.8 Å². The minimum absolute atomic E-state index is 0.297.